The molecule has 7 nitrogen and oxygen atoms in total. The number of aryl methyl sites for hydroxylation is 1. The summed E-state index contributed by atoms with van der Waals surface area (Å²) in [7, 11) is 0. The Labute approximate surface area is 156 Å². The lowest BCUT2D eigenvalue weighted by molar-refractivity contribution is -0.117. The minimum atomic E-state index is -0.627. The summed E-state index contributed by atoms with van der Waals surface area (Å²) in [5, 5.41) is 8.33. The number of carbonyl (C=O) groups is 2. The molecule has 2 amide bonds. The third-order valence-electron chi connectivity index (χ3n) is 3.42. The van der Waals surface area contributed by atoms with Crippen molar-refractivity contribution >= 4 is 39.9 Å². The maximum absolute atomic E-state index is 14.2. The number of hydrogen-bond donors (Lipinski definition) is 2. The maximum Gasteiger partial charge on any atom is 0.263 e. The van der Waals surface area contributed by atoms with E-state index in [1.807, 2.05) is 0 Å². The number of rotatable bonds is 5. The molecule has 26 heavy (non-hydrogen) atoms. The smallest absolute Gasteiger partial charge is 0.263 e. The van der Waals surface area contributed by atoms with Gasteiger partial charge in [0, 0.05) is 5.38 Å². The van der Waals surface area contributed by atoms with Crippen molar-refractivity contribution in [3.63, 3.8) is 0 Å². The monoisotopic (exact) mass is 394 g/mol. The number of carbonyl (C=O) groups excluding carboxylic acids is 2. The molecule has 3 aromatic rings. The Balaban J connectivity index is 1.92. The molecule has 3 N–H and O–H groups in total. The van der Waals surface area contributed by atoms with Gasteiger partial charge in [0.05, 0.1) is 22.7 Å². The van der Waals surface area contributed by atoms with E-state index < -0.39 is 17.6 Å². The number of nitrogens with one attached hydrogen (secondary N) is 1. The molecule has 0 saturated heterocycles. The van der Waals surface area contributed by atoms with Crippen LogP contribution in [0.25, 0.3) is 11.3 Å². The Morgan fingerprint density at radius 2 is 2.19 bits per heavy atom. The van der Waals surface area contributed by atoms with Gasteiger partial charge in [-0.2, -0.15) is 0 Å². The molecule has 0 unspecified atom stereocenters. The van der Waals surface area contributed by atoms with Gasteiger partial charge < -0.3 is 10.3 Å². The average molecular weight is 395 g/mol. The topological polar surface area (TPSA) is 111 Å². The molecule has 0 bridgehead atoms. The van der Waals surface area contributed by atoms with Crippen molar-refractivity contribution in [3.05, 3.63) is 51.4 Å². The van der Waals surface area contributed by atoms with Crippen molar-refractivity contribution in [3.8, 4) is 11.3 Å². The summed E-state index contributed by atoms with van der Waals surface area (Å²) in [6.45, 7) is 1.53. The van der Waals surface area contributed by atoms with Gasteiger partial charge in [0.2, 0.25) is 5.91 Å². The second-order valence-corrected chi connectivity index (χ2v) is 6.57. The fourth-order valence-corrected chi connectivity index (χ4v) is 3.28. The molecule has 2 heterocycles. The van der Waals surface area contributed by atoms with Gasteiger partial charge >= 0.3 is 0 Å². The first-order valence-corrected chi connectivity index (χ1v) is 8.57. The molecule has 0 spiro atoms. The lowest BCUT2D eigenvalue weighted by atomic mass is 10.1. The quantitative estimate of drug-likeness (QED) is 0.690. The first-order chi connectivity index (χ1) is 12.4. The van der Waals surface area contributed by atoms with Crippen LogP contribution in [-0.4, -0.2) is 22.0 Å². The van der Waals surface area contributed by atoms with Gasteiger partial charge in [-0.15, -0.1) is 11.3 Å². The third-order valence-corrected chi connectivity index (χ3v) is 4.54. The number of benzene rings is 1. The SMILES string of the molecule is Cc1onc(-c2c(F)cccc2Cl)c1C(=O)Nc1nc(CC(N)=O)cs1. The highest BCUT2D eigenvalue weighted by molar-refractivity contribution is 7.14. The van der Waals surface area contributed by atoms with Crippen LogP contribution in [0.4, 0.5) is 9.52 Å². The molecule has 0 aliphatic heterocycles. The molecule has 1 aromatic carbocycles. The number of nitrogens with two attached hydrogens (primary N) is 1. The molecule has 134 valence electrons. The van der Waals surface area contributed by atoms with E-state index in [-0.39, 0.29) is 39.2 Å². The maximum atomic E-state index is 14.2. The van der Waals surface area contributed by atoms with E-state index in [1.54, 1.807) is 5.38 Å². The number of anilines is 1. The Morgan fingerprint density at radius 1 is 1.42 bits per heavy atom. The highest BCUT2D eigenvalue weighted by atomic mass is 35.5. The molecule has 10 heteroatoms. The average Bonchev–Trinajstić information content (AvgIpc) is 3.13. The second-order valence-electron chi connectivity index (χ2n) is 5.30. The first kappa shape index (κ1) is 18.0. The number of amides is 2. The number of halogens is 2. The van der Waals surface area contributed by atoms with Gasteiger partial charge in [0.1, 0.15) is 22.8 Å². The van der Waals surface area contributed by atoms with E-state index in [9.17, 15) is 14.0 Å². The number of hydrogen-bond acceptors (Lipinski definition) is 6. The number of nitrogens with zero attached hydrogens (tertiary/aromatic N) is 2. The highest BCUT2D eigenvalue weighted by Crippen LogP contribution is 2.33. The van der Waals surface area contributed by atoms with E-state index in [4.69, 9.17) is 21.9 Å². The highest BCUT2D eigenvalue weighted by Gasteiger charge is 2.26. The largest absolute Gasteiger partial charge is 0.369 e. The van der Waals surface area contributed by atoms with Gasteiger partial charge in [-0.1, -0.05) is 22.8 Å². The third kappa shape index (κ3) is 3.58. The molecule has 0 aliphatic rings. The Hall–Kier alpha value is -2.78. The molecule has 2 aromatic heterocycles. The van der Waals surface area contributed by atoms with Crippen molar-refractivity contribution < 1.29 is 18.5 Å². The van der Waals surface area contributed by atoms with Crippen LogP contribution in [0, 0.1) is 12.7 Å². The Kier molecular flexibility index (Phi) is 5.01. The zero-order valence-electron chi connectivity index (χ0n) is 13.4. The number of primary amides is 1. The summed E-state index contributed by atoms with van der Waals surface area (Å²) >= 11 is 7.18. The zero-order valence-corrected chi connectivity index (χ0v) is 14.9. The predicted octanol–water partition coefficient (Wildman–Crippen LogP) is 3.18. The number of thiazole rings is 1. The van der Waals surface area contributed by atoms with E-state index in [0.717, 1.165) is 11.3 Å². The summed E-state index contributed by atoms with van der Waals surface area (Å²) in [5.74, 6) is -1.54. The van der Waals surface area contributed by atoms with Crippen LogP contribution in [-0.2, 0) is 11.2 Å². The van der Waals surface area contributed by atoms with Crippen LogP contribution in [0.1, 0.15) is 21.8 Å². The van der Waals surface area contributed by atoms with Crippen molar-refractivity contribution in [1.82, 2.24) is 10.1 Å². The van der Waals surface area contributed by atoms with Gasteiger partial charge in [-0.05, 0) is 19.1 Å². The van der Waals surface area contributed by atoms with Crippen molar-refractivity contribution in [2.75, 3.05) is 5.32 Å². The molecular formula is C16H12ClFN4O3S. The van der Waals surface area contributed by atoms with E-state index in [2.05, 4.69) is 15.5 Å². The predicted molar refractivity (Wildman–Crippen MR) is 94.6 cm³/mol. The summed E-state index contributed by atoms with van der Waals surface area (Å²) in [6.07, 6.45) is -0.0330. The molecule has 0 fully saturated rings. The lowest BCUT2D eigenvalue weighted by Crippen LogP contribution is -2.15. The van der Waals surface area contributed by atoms with Crippen LogP contribution in [0.5, 0.6) is 0 Å². The molecule has 0 saturated carbocycles. The summed E-state index contributed by atoms with van der Waals surface area (Å²) in [6, 6.07) is 4.15. The fraction of sp³-hybridized carbons (Fsp3) is 0.125. The minimum Gasteiger partial charge on any atom is -0.369 e. The van der Waals surface area contributed by atoms with Crippen LogP contribution >= 0.6 is 22.9 Å². The lowest BCUT2D eigenvalue weighted by Gasteiger charge is -2.05. The van der Waals surface area contributed by atoms with Gasteiger partial charge in [0.25, 0.3) is 5.91 Å². The molecule has 0 atom stereocenters. The Morgan fingerprint density at radius 3 is 2.88 bits per heavy atom. The molecule has 0 radical (unpaired) electrons. The van der Waals surface area contributed by atoms with Crippen molar-refractivity contribution in [2.45, 2.75) is 13.3 Å². The van der Waals surface area contributed by atoms with Gasteiger partial charge in [-0.25, -0.2) is 9.37 Å². The number of aromatic nitrogens is 2. The first-order valence-electron chi connectivity index (χ1n) is 7.31. The summed E-state index contributed by atoms with van der Waals surface area (Å²) < 4.78 is 19.3. The van der Waals surface area contributed by atoms with E-state index in [0.29, 0.717) is 5.69 Å². The van der Waals surface area contributed by atoms with Crippen molar-refractivity contribution in [2.24, 2.45) is 5.73 Å². The standard InChI is InChI=1S/C16H12ClFN4O3S/c1-7-12(14(22-25-7)13-9(17)3-2-4-10(13)18)15(24)21-16-20-8(6-26-16)5-11(19)23/h2-4,6H,5H2,1H3,(H2,19,23)(H,20,21,24). The molecular weight excluding hydrogens is 383 g/mol. The van der Waals surface area contributed by atoms with E-state index >= 15 is 0 Å². The van der Waals surface area contributed by atoms with Crippen LogP contribution in [0.15, 0.2) is 28.1 Å². The van der Waals surface area contributed by atoms with Crippen LogP contribution in [0.2, 0.25) is 5.02 Å². The minimum absolute atomic E-state index is 0.00276. The summed E-state index contributed by atoms with van der Waals surface area (Å²) in [4.78, 5) is 27.7. The zero-order chi connectivity index (χ0) is 18.8. The van der Waals surface area contributed by atoms with Gasteiger partial charge in [-0.3, -0.25) is 14.9 Å². The molecule has 0 aliphatic carbocycles. The van der Waals surface area contributed by atoms with E-state index in [1.165, 1.54) is 25.1 Å². The normalized spacial score (nSPS) is 10.7. The van der Waals surface area contributed by atoms with Crippen molar-refractivity contribution in [1.29, 1.82) is 0 Å². The fourth-order valence-electron chi connectivity index (χ4n) is 2.32. The second kappa shape index (κ2) is 7.22. The Bertz CT molecular complexity index is 981. The van der Waals surface area contributed by atoms with Crippen LogP contribution < -0.4 is 11.1 Å². The van der Waals surface area contributed by atoms with Crippen LogP contribution in [0.3, 0.4) is 0 Å². The summed E-state index contributed by atoms with van der Waals surface area (Å²) in [5.41, 5.74) is 5.58. The molecule has 3 rings (SSSR count). The van der Waals surface area contributed by atoms with Gasteiger partial charge in [0.15, 0.2) is 5.13 Å².